The Morgan fingerprint density at radius 2 is 1.76 bits per heavy atom. The molecule has 21 heavy (non-hydrogen) atoms. The molecule has 0 unspecified atom stereocenters. The van der Waals surface area contributed by atoms with Crippen LogP contribution in [-0.2, 0) is 6.61 Å². The largest absolute Gasteiger partial charge is 0.489 e. The van der Waals surface area contributed by atoms with Crippen molar-refractivity contribution in [1.29, 1.82) is 0 Å². The van der Waals surface area contributed by atoms with Crippen molar-refractivity contribution in [3.8, 4) is 5.75 Å². The van der Waals surface area contributed by atoms with E-state index in [1.54, 1.807) is 6.07 Å². The summed E-state index contributed by atoms with van der Waals surface area (Å²) in [5.41, 5.74) is 9.17. The fourth-order valence-corrected chi connectivity index (χ4v) is 2.44. The second-order valence-electron chi connectivity index (χ2n) is 4.83. The van der Waals surface area contributed by atoms with Crippen molar-refractivity contribution >= 4 is 40.4 Å². The summed E-state index contributed by atoms with van der Waals surface area (Å²) in [5, 5.41) is 1.35. The molecular weight excluding hydrogens is 325 g/mol. The highest BCUT2D eigenvalue weighted by Crippen LogP contribution is 2.27. The van der Waals surface area contributed by atoms with Crippen LogP contribution < -0.4 is 10.5 Å². The predicted octanol–water partition coefficient (Wildman–Crippen LogP) is 4.82. The summed E-state index contributed by atoms with van der Waals surface area (Å²) >= 11 is 17.3. The topological polar surface area (TPSA) is 35.2 Å². The molecule has 0 spiro atoms. The van der Waals surface area contributed by atoms with Crippen LogP contribution in [0.5, 0.6) is 5.75 Å². The number of thiocarbonyl (C=S) groups is 1. The van der Waals surface area contributed by atoms with Gasteiger partial charge in [-0.2, -0.15) is 0 Å². The molecule has 2 aromatic carbocycles. The second kappa shape index (κ2) is 6.65. The molecule has 110 valence electrons. The summed E-state index contributed by atoms with van der Waals surface area (Å²) in [6.07, 6.45) is 0. The molecule has 0 heterocycles. The van der Waals surface area contributed by atoms with Gasteiger partial charge < -0.3 is 10.5 Å². The fraction of sp³-hybridized carbons (Fsp3) is 0.188. The number of aryl methyl sites for hydroxylation is 2. The number of halogens is 2. The maximum Gasteiger partial charge on any atom is 0.120 e. The van der Waals surface area contributed by atoms with Gasteiger partial charge in [-0.3, -0.25) is 0 Å². The van der Waals surface area contributed by atoms with E-state index in [0.717, 1.165) is 33.0 Å². The average Bonchev–Trinajstić information content (AvgIpc) is 2.43. The molecule has 2 N–H and O–H groups in total. The quantitative estimate of drug-likeness (QED) is 0.810. The Bertz CT molecular complexity index is 678. The number of nitrogens with two attached hydrogens (primary N) is 1. The molecule has 2 nitrogen and oxygen atoms in total. The van der Waals surface area contributed by atoms with E-state index in [0.29, 0.717) is 16.6 Å². The summed E-state index contributed by atoms with van der Waals surface area (Å²) in [4.78, 5) is 0.327. The van der Waals surface area contributed by atoms with Crippen LogP contribution in [0.4, 0.5) is 0 Å². The van der Waals surface area contributed by atoms with Crippen LogP contribution >= 0.6 is 35.4 Å². The zero-order valence-corrected chi connectivity index (χ0v) is 14.1. The predicted molar refractivity (Wildman–Crippen MR) is 92.6 cm³/mol. The van der Waals surface area contributed by atoms with Gasteiger partial charge in [-0.1, -0.05) is 47.6 Å². The van der Waals surface area contributed by atoms with E-state index in [4.69, 9.17) is 45.9 Å². The molecular formula is C16H15Cl2NOS. The summed E-state index contributed by atoms with van der Waals surface area (Å²) in [6.45, 7) is 4.27. The lowest BCUT2D eigenvalue weighted by Gasteiger charge is -2.11. The van der Waals surface area contributed by atoms with Crippen LogP contribution in [0.15, 0.2) is 30.3 Å². The zero-order valence-electron chi connectivity index (χ0n) is 11.7. The minimum absolute atomic E-state index is 0.327. The first-order chi connectivity index (χ1) is 9.88. The van der Waals surface area contributed by atoms with Crippen LogP contribution in [0, 0.1) is 13.8 Å². The molecule has 5 heteroatoms. The van der Waals surface area contributed by atoms with Gasteiger partial charge in [0.15, 0.2) is 0 Å². The number of hydrogen-bond donors (Lipinski definition) is 1. The molecule has 0 radical (unpaired) electrons. The number of ether oxygens (including phenoxy) is 1. The highest BCUT2D eigenvalue weighted by atomic mass is 35.5. The van der Waals surface area contributed by atoms with E-state index in [2.05, 4.69) is 0 Å². The molecule has 0 aromatic heterocycles. The second-order valence-corrected chi connectivity index (χ2v) is 6.06. The molecule has 0 aliphatic rings. The van der Waals surface area contributed by atoms with Gasteiger partial charge in [0, 0.05) is 21.2 Å². The standard InChI is InChI=1S/C16H15Cl2NOS/c1-9-5-13(6-10(2)15(9)18)20-8-12-4-3-11(16(19)21)7-14(12)17/h3-7H,8H2,1-2H3,(H2,19,21). The lowest BCUT2D eigenvalue weighted by molar-refractivity contribution is 0.306. The van der Waals surface area contributed by atoms with Crippen molar-refractivity contribution < 1.29 is 4.74 Å². The van der Waals surface area contributed by atoms with Crippen molar-refractivity contribution in [3.63, 3.8) is 0 Å². The maximum absolute atomic E-state index is 6.21. The molecule has 0 atom stereocenters. The monoisotopic (exact) mass is 339 g/mol. The Morgan fingerprint density at radius 1 is 1.14 bits per heavy atom. The van der Waals surface area contributed by atoms with E-state index >= 15 is 0 Å². The Kier molecular flexibility index (Phi) is 5.09. The molecule has 0 aliphatic carbocycles. The number of benzene rings is 2. The molecule has 0 saturated carbocycles. The van der Waals surface area contributed by atoms with Crippen LogP contribution in [0.25, 0.3) is 0 Å². The highest BCUT2D eigenvalue weighted by molar-refractivity contribution is 7.80. The molecule has 0 bridgehead atoms. The summed E-state index contributed by atoms with van der Waals surface area (Å²) < 4.78 is 5.78. The fourth-order valence-electron chi connectivity index (χ4n) is 1.97. The van der Waals surface area contributed by atoms with Gasteiger partial charge >= 0.3 is 0 Å². The first-order valence-corrected chi connectivity index (χ1v) is 7.52. The van der Waals surface area contributed by atoms with Gasteiger partial charge in [0.1, 0.15) is 17.3 Å². The summed E-state index contributed by atoms with van der Waals surface area (Å²) in [6, 6.07) is 9.28. The van der Waals surface area contributed by atoms with Gasteiger partial charge in [0.25, 0.3) is 0 Å². The molecule has 0 saturated heterocycles. The Hall–Kier alpha value is -1.29. The van der Waals surface area contributed by atoms with E-state index in [1.807, 2.05) is 38.1 Å². The minimum Gasteiger partial charge on any atom is -0.489 e. The van der Waals surface area contributed by atoms with Gasteiger partial charge in [-0.05, 0) is 43.2 Å². The van der Waals surface area contributed by atoms with E-state index in [1.165, 1.54) is 0 Å². The third kappa shape index (κ3) is 3.88. The van der Waals surface area contributed by atoms with Crippen molar-refractivity contribution in [2.24, 2.45) is 5.73 Å². The first-order valence-electron chi connectivity index (χ1n) is 6.36. The highest BCUT2D eigenvalue weighted by Gasteiger charge is 2.07. The number of hydrogen-bond acceptors (Lipinski definition) is 2. The molecule has 0 amide bonds. The van der Waals surface area contributed by atoms with E-state index in [-0.39, 0.29) is 0 Å². The van der Waals surface area contributed by atoms with Crippen LogP contribution in [0.1, 0.15) is 22.3 Å². The first kappa shape index (κ1) is 16.1. The smallest absolute Gasteiger partial charge is 0.120 e. The van der Waals surface area contributed by atoms with Gasteiger partial charge in [0.2, 0.25) is 0 Å². The Morgan fingerprint density at radius 3 is 2.29 bits per heavy atom. The van der Waals surface area contributed by atoms with Gasteiger partial charge in [-0.15, -0.1) is 0 Å². The lowest BCUT2D eigenvalue weighted by atomic mass is 10.1. The third-order valence-corrected chi connectivity index (χ3v) is 4.33. The van der Waals surface area contributed by atoms with Crippen LogP contribution in [-0.4, -0.2) is 4.99 Å². The molecule has 2 aromatic rings. The average molecular weight is 340 g/mol. The van der Waals surface area contributed by atoms with Crippen LogP contribution in [0.2, 0.25) is 10.0 Å². The third-order valence-electron chi connectivity index (χ3n) is 3.14. The molecule has 0 fully saturated rings. The number of rotatable bonds is 4. The Balaban J connectivity index is 2.15. The van der Waals surface area contributed by atoms with Crippen molar-refractivity contribution in [2.45, 2.75) is 20.5 Å². The molecule has 2 rings (SSSR count). The summed E-state index contributed by atoms with van der Waals surface area (Å²) in [5.74, 6) is 0.767. The van der Waals surface area contributed by atoms with Crippen molar-refractivity contribution in [3.05, 3.63) is 62.6 Å². The maximum atomic E-state index is 6.21. The van der Waals surface area contributed by atoms with Crippen LogP contribution in [0.3, 0.4) is 0 Å². The van der Waals surface area contributed by atoms with E-state index in [9.17, 15) is 0 Å². The van der Waals surface area contributed by atoms with Gasteiger partial charge in [0.05, 0.1) is 0 Å². The van der Waals surface area contributed by atoms with Crippen molar-refractivity contribution in [2.75, 3.05) is 0 Å². The minimum atomic E-state index is 0.327. The Labute approximate surface area is 139 Å². The van der Waals surface area contributed by atoms with Crippen molar-refractivity contribution in [1.82, 2.24) is 0 Å². The van der Waals surface area contributed by atoms with E-state index < -0.39 is 0 Å². The molecule has 0 aliphatic heterocycles. The SMILES string of the molecule is Cc1cc(OCc2ccc(C(N)=S)cc2Cl)cc(C)c1Cl. The lowest BCUT2D eigenvalue weighted by Crippen LogP contribution is -2.09. The zero-order chi connectivity index (χ0) is 15.6. The van der Waals surface area contributed by atoms with Gasteiger partial charge in [-0.25, -0.2) is 0 Å². The normalized spacial score (nSPS) is 10.5. The summed E-state index contributed by atoms with van der Waals surface area (Å²) in [7, 11) is 0.